The molecule has 1 aromatic carbocycles. The molecule has 0 aliphatic carbocycles. The van der Waals surface area contributed by atoms with E-state index in [0.29, 0.717) is 18.8 Å². The van der Waals surface area contributed by atoms with Crippen LogP contribution in [0.15, 0.2) is 24.3 Å². The Hall–Kier alpha value is -2.24. The van der Waals surface area contributed by atoms with Gasteiger partial charge < -0.3 is 19.3 Å². The first-order valence-electron chi connectivity index (χ1n) is 9.53. The first-order valence-corrected chi connectivity index (χ1v) is 9.53. The van der Waals surface area contributed by atoms with Crippen molar-refractivity contribution in [2.45, 2.75) is 51.7 Å². The first kappa shape index (κ1) is 18.5. The van der Waals surface area contributed by atoms with Crippen LogP contribution in [0.4, 0.5) is 5.69 Å². The molecule has 0 radical (unpaired) electrons. The Bertz CT molecular complexity index is 640. The SMILES string of the molecule is CC(C)OC(=O)CCN1CC(C(=O)N2CCCCC2)Oc2ccccc21. The Labute approximate surface area is 155 Å². The number of esters is 1. The fourth-order valence-corrected chi connectivity index (χ4v) is 3.51. The molecule has 0 bridgehead atoms. The number of ether oxygens (including phenoxy) is 2. The predicted octanol–water partition coefficient (Wildman–Crippen LogP) is 2.61. The van der Waals surface area contributed by atoms with Gasteiger partial charge in [0.15, 0.2) is 6.10 Å². The number of fused-ring (bicyclic) bond motifs is 1. The van der Waals surface area contributed by atoms with E-state index in [2.05, 4.69) is 4.90 Å². The fraction of sp³-hybridized carbons (Fsp3) is 0.600. The molecule has 0 saturated carbocycles. The van der Waals surface area contributed by atoms with Gasteiger partial charge in [0.2, 0.25) is 0 Å². The Morgan fingerprint density at radius 1 is 1.19 bits per heavy atom. The number of hydrogen-bond donors (Lipinski definition) is 0. The number of likely N-dealkylation sites (tertiary alicyclic amines) is 1. The molecular formula is C20H28N2O4. The maximum atomic E-state index is 12.9. The summed E-state index contributed by atoms with van der Waals surface area (Å²) in [4.78, 5) is 28.8. The van der Waals surface area contributed by atoms with Gasteiger partial charge in [0.1, 0.15) is 5.75 Å². The van der Waals surface area contributed by atoms with Crippen molar-refractivity contribution >= 4 is 17.6 Å². The van der Waals surface area contributed by atoms with Gasteiger partial charge >= 0.3 is 5.97 Å². The normalized spacial score (nSPS) is 19.7. The lowest BCUT2D eigenvalue weighted by atomic mass is 10.1. The number of nitrogens with zero attached hydrogens (tertiary/aromatic N) is 2. The van der Waals surface area contributed by atoms with Gasteiger partial charge in [0.05, 0.1) is 24.8 Å². The lowest BCUT2D eigenvalue weighted by Gasteiger charge is -2.38. The minimum atomic E-state index is -0.524. The van der Waals surface area contributed by atoms with Crippen molar-refractivity contribution in [1.82, 2.24) is 4.90 Å². The number of hydrogen-bond acceptors (Lipinski definition) is 5. The molecule has 2 aliphatic heterocycles. The first-order chi connectivity index (χ1) is 12.5. The third-order valence-electron chi connectivity index (χ3n) is 4.76. The van der Waals surface area contributed by atoms with Crippen LogP contribution in [0.2, 0.25) is 0 Å². The summed E-state index contributed by atoms with van der Waals surface area (Å²) in [6.45, 7) is 6.27. The van der Waals surface area contributed by atoms with E-state index in [0.717, 1.165) is 31.6 Å². The Kier molecular flexibility index (Phi) is 6.01. The number of rotatable bonds is 5. The quantitative estimate of drug-likeness (QED) is 0.756. The van der Waals surface area contributed by atoms with Crippen molar-refractivity contribution in [3.8, 4) is 5.75 Å². The van der Waals surface area contributed by atoms with E-state index in [-0.39, 0.29) is 24.4 Å². The Morgan fingerprint density at radius 3 is 2.65 bits per heavy atom. The fourth-order valence-electron chi connectivity index (χ4n) is 3.51. The summed E-state index contributed by atoms with van der Waals surface area (Å²) < 4.78 is 11.2. The van der Waals surface area contributed by atoms with Gasteiger partial charge in [0.25, 0.3) is 5.91 Å². The predicted molar refractivity (Wildman–Crippen MR) is 99.3 cm³/mol. The zero-order chi connectivity index (χ0) is 18.5. The van der Waals surface area contributed by atoms with Gasteiger partial charge in [-0.2, -0.15) is 0 Å². The second-order valence-corrected chi connectivity index (χ2v) is 7.19. The molecule has 1 atom stereocenters. The van der Waals surface area contributed by atoms with E-state index in [1.54, 1.807) is 0 Å². The summed E-state index contributed by atoms with van der Waals surface area (Å²) >= 11 is 0. The van der Waals surface area contributed by atoms with Gasteiger partial charge in [-0.3, -0.25) is 9.59 Å². The Morgan fingerprint density at radius 2 is 1.92 bits per heavy atom. The highest BCUT2D eigenvalue weighted by Crippen LogP contribution is 2.33. The topological polar surface area (TPSA) is 59.1 Å². The average molecular weight is 360 g/mol. The molecular weight excluding hydrogens is 332 g/mol. The molecule has 1 fully saturated rings. The zero-order valence-corrected chi connectivity index (χ0v) is 15.6. The van der Waals surface area contributed by atoms with Crippen molar-refractivity contribution in [2.75, 3.05) is 31.1 Å². The third-order valence-corrected chi connectivity index (χ3v) is 4.76. The largest absolute Gasteiger partial charge is 0.477 e. The Balaban J connectivity index is 1.69. The molecule has 1 aromatic rings. The van der Waals surface area contributed by atoms with Crippen LogP contribution in [0.25, 0.3) is 0 Å². The van der Waals surface area contributed by atoms with Crippen LogP contribution in [-0.2, 0) is 14.3 Å². The molecule has 1 amide bonds. The second-order valence-electron chi connectivity index (χ2n) is 7.19. The summed E-state index contributed by atoms with van der Waals surface area (Å²) in [5.41, 5.74) is 0.924. The van der Waals surface area contributed by atoms with Crippen LogP contribution in [0.3, 0.4) is 0 Å². The van der Waals surface area contributed by atoms with E-state index < -0.39 is 6.10 Å². The van der Waals surface area contributed by atoms with E-state index >= 15 is 0 Å². The highest BCUT2D eigenvalue weighted by Gasteiger charge is 2.34. The van der Waals surface area contributed by atoms with Crippen LogP contribution < -0.4 is 9.64 Å². The van der Waals surface area contributed by atoms with Crippen LogP contribution in [0.1, 0.15) is 39.5 Å². The van der Waals surface area contributed by atoms with E-state index in [4.69, 9.17) is 9.47 Å². The monoisotopic (exact) mass is 360 g/mol. The van der Waals surface area contributed by atoms with Crippen LogP contribution in [-0.4, -0.2) is 55.2 Å². The van der Waals surface area contributed by atoms with Crippen LogP contribution >= 0.6 is 0 Å². The molecule has 26 heavy (non-hydrogen) atoms. The molecule has 2 heterocycles. The molecule has 2 aliphatic rings. The number of benzene rings is 1. The van der Waals surface area contributed by atoms with E-state index in [1.807, 2.05) is 43.0 Å². The maximum absolute atomic E-state index is 12.9. The minimum absolute atomic E-state index is 0.0500. The van der Waals surface area contributed by atoms with Crippen LogP contribution in [0.5, 0.6) is 5.75 Å². The summed E-state index contributed by atoms with van der Waals surface area (Å²) in [7, 11) is 0. The van der Waals surface area contributed by atoms with Crippen molar-refractivity contribution in [3.05, 3.63) is 24.3 Å². The highest BCUT2D eigenvalue weighted by molar-refractivity contribution is 5.83. The number of piperidine rings is 1. The van der Waals surface area contributed by atoms with Gasteiger partial charge in [-0.15, -0.1) is 0 Å². The number of anilines is 1. The summed E-state index contributed by atoms with van der Waals surface area (Å²) in [5, 5.41) is 0. The lowest BCUT2D eigenvalue weighted by molar-refractivity contribution is -0.147. The zero-order valence-electron chi connectivity index (χ0n) is 15.6. The minimum Gasteiger partial charge on any atom is -0.477 e. The molecule has 0 spiro atoms. The third kappa shape index (κ3) is 4.48. The summed E-state index contributed by atoms with van der Waals surface area (Å²) in [6, 6.07) is 7.68. The van der Waals surface area contributed by atoms with Gasteiger partial charge in [0, 0.05) is 19.6 Å². The number of amides is 1. The van der Waals surface area contributed by atoms with Crippen molar-refractivity contribution in [2.24, 2.45) is 0 Å². The molecule has 0 aromatic heterocycles. The maximum Gasteiger partial charge on any atom is 0.307 e. The summed E-state index contributed by atoms with van der Waals surface area (Å²) in [6.07, 6.45) is 2.94. The molecule has 6 heteroatoms. The standard InChI is InChI=1S/C20H28N2O4/c1-15(2)25-19(23)10-13-22-14-18(20(24)21-11-6-3-7-12-21)26-17-9-5-4-8-16(17)22/h4-5,8-9,15,18H,3,6-7,10-14H2,1-2H3. The van der Waals surface area contributed by atoms with Crippen molar-refractivity contribution < 1.29 is 19.1 Å². The van der Waals surface area contributed by atoms with Gasteiger partial charge in [-0.05, 0) is 45.2 Å². The average Bonchev–Trinajstić information content (AvgIpc) is 2.65. The van der Waals surface area contributed by atoms with Gasteiger partial charge in [-0.1, -0.05) is 12.1 Å². The molecule has 0 N–H and O–H groups in total. The smallest absolute Gasteiger partial charge is 0.307 e. The van der Waals surface area contributed by atoms with E-state index in [1.165, 1.54) is 6.42 Å². The summed E-state index contributed by atoms with van der Waals surface area (Å²) in [5.74, 6) is 0.531. The van der Waals surface area contributed by atoms with Gasteiger partial charge in [-0.25, -0.2) is 0 Å². The number of carbonyl (C=O) groups is 2. The molecule has 6 nitrogen and oxygen atoms in total. The molecule has 1 unspecified atom stereocenters. The molecule has 1 saturated heterocycles. The molecule has 3 rings (SSSR count). The van der Waals surface area contributed by atoms with Crippen LogP contribution in [0, 0.1) is 0 Å². The second kappa shape index (κ2) is 8.43. The van der Waals surface area contributed by atoms with E-state index in [9.17, 15) is 9.59 Å². The number of para-hydroxylation sites is 2. The number of carbonyl (C=O) groups excluding carboxylic acids is 2. The van der Waals surface area contributed by atoms with Crippen molar-refractivity contribution in [1.29, 1.82) is 0 Å². The van der Waals surface area contributed by atoms with Crippen molar-refractivity contribution in [3.63, 3.8) is 0 Å². The lowest BCUT2D eigenvalue weighted by Crippen LogP contribution is -2.51. The highest BCUT2D eigenvalue weighted by atomic mass is 16.5. The molecule has 142 valence electrons.